The van der Waals surface area contributed by atoms with E-state index in [0.717, 1.165) is 25.1 Å². The van der Waals surface area contributed by atoms with Gasteiger partial charge in [-0.2, -0.15) is 0 Å². The summed E-state index contributed by atoms with van der Waals surface area (Å²) in [5.74, 6) is 1.51. The van der Waals surface area contributed by atoms with Gasteiger partial charge in [-0.1, -0.05) is 13.8 Å². The van der Waals surface area contributed by atoms with Crippen LogP contribution in [0.4, 0.5) is 5.69 Å². The lowest BCUT2D eigenvalue weighted by molar-refractivity contribution is 0.0784. The maximum Gasteiger partial charge on any atom is 0.241 e. The van der Waals surface area contributed by atoms with E-state index in [0.29, 0.717) is 23.9 Å². The molecule has 1 fully saturated rings. The average Bonchev–Trinajstić information content (AvgIpc) is 2.60. The van der Waals surface area contributed by atoms with E-state index in [1.165, 1.54) is 0 Å². The van der Waals surface area contributed by atoms with Crippen LogP contribution in [-0.4, -0.2) is 23.2 Å². The molecule has 0 saturated carbocycles. The molecule has 118 valence electrons. The van der Waals surface area contributed by atoms with Crippen LogP contribution < -0.4 is 10.5 Å². The molecule has 5 nitrogen and oxygen atoms in total. The van der Waals surface area contributed by atoms with Gasteiger partial charge in [-0.3, -0.25) is 4.98 Å². The second kappa shape index (κ2) is 8.34. The molecule has 1 unspecified atom stereocenters. The van der Waals surface area contributed by atoms with Gasteiger partial charge in [0.1, 0.15) is 11.4 Å². The van der Waals surface area contributed by atoms with Crippen molar-refractivity contribution in [1.82, 2.24) is 9.97 Å². The smallest absolute Gasteiger partial charge is 0.241 e. The van der Waals surface area contributed by atoms with Crippen LogP contribution in [0.15, 0.2) is 36.7 Å². The Labute approximate surface area is 131 Å². The molecular weight excluding hydrogens is 278 g/mol. The van der Waals surface area contributed by atoms with Gasteiger partial charge in [0.2, 0.25) is 5.88 Å². The van der Waals surface area contributed by atoms with Gasteiger partial charge in [0.15, 0.2) is 0 Å². The zero-order chi connectivity index (χ0) is 15.8. The van der Waals surface area contributed by atoms with Crippen LogP contribution >= 0.6 is 0 Å². The Morgan fingerprint density at radius 1 is 1.14 bits per heavy atom. The lowest BCUT2D eigenvalue weighted by Crippen LogP contribution is -2.17. The first-order valence-corrected chi connectivity index (χ1v) is 7.75. The second-order valence-corrected chi connectivity index (χ2v) is 4.83. The zero-order valence-electron chi connectivity index (χ0n) is 13.2. The normalized spacial score (nSPS) is 17.3. The second-order valence-electron chi connectivity index (χ2n) is 4.83. The highest BCUT2D eigenvalue weighted by molar-refractivity contribution is 5.42. The molecule has 0 spiro atoms. The lowest BCUT2D eigenvalue weighted by atomic mass is 9.98. The first-order chi connectivity index (χ1) is 10.8. The molecule has 1 atom stereocenters. The van der Waals surface area contributed by atoms with Crippen LogP contribution in [0.1, 0.15) is 38.3 Å². The molecule has 0 aliphatic carbocycles. The van der Waals surface area contributed by atoms with Gasteiger partial charge >= 0.3 is 0 Å². The summed E-state index contributed by atoms with van der Waals surface area (Å²) in [5, 5.41) is 0. The number of hydrogen-bond acceptors (Lipinski definition) is 5. The SMILES string of the molecule is CC.Nc1ccc(Oc2nccnc2C2CCCOC2)cc1. The molecule has 1 aliphatic rings. The van der Waals surface area contributed by atoms with Gasteiger partial charge in [-0.25, -0.2) is 4.98 Å². The molecule has 2 heterocycles. The molecule has 1 aromatic heterocycles. The van der Waals surface area contributed by atoms with Gasteiger partial charge in [-0.15, -0.1) is 0 Å². The van der Waals surface area contributed by atoms with Crippen molar-refractivity contribution in [1.29, 1.82) is 0 Å². The van der Waals surface area contributed by atoms with E-state index in [2.05, 4.69) is 9.97 Å². The zero-order valence-corrected chi connectivity index (χ0v) is 13.2. The number of nitrogens with two attached hydrogens (primary N) is 1. The van der Waals surface area contributed by atoms with Crippen LogP contribution in [0.2, 0.25) is 0 Å². The van der Waals surface area contributed by atoms with Crippen molar-refractivity contribution in [2.45, 2.75) is 32.6 Å². The summed E-state index contributed by atoms with van der Waals surface area (Å²) in [7, 11) is 0. The molecule has 0 amide bonds. The maximum absolute atomic E-state index is 5.83. The maximum atomic E-state index is 5.83. The minimum absolute atomic E-state index is 0.251. The van der Waals surface area contributed by atoms with E-state index >= 15 is 0 Å². The van der Waals surface area contributed by atoms with Crippen LogP contribution in [0.5, 0.6) is 11.6 Å². The van der Waals surface area contributed by atoms with E-state index in [1.54, 1.807) is 24.5 Å². The highest BCUT2D eigenvalue weighted by Gasteiger charge is 2.22. The van der Waals surface area contributed by atoms with Crippen molar-refractivity contribution in [3.8, 4) is 11.6 Å². The predicted octanol–water partition coefficient (Wildman–Crippen LogP) is 3.77. The van der Waals surface area contributed by atoms with Crippen molar-refractivity contribution < 1.29 is 9.47 Å². The van der Waals surface area contributed by atoms with Crippen molar-refractivity contribution in [2.24, 2.45) is 0 Å². The van der Waals surface area contributed by atoms with Gasteiger partial charge < -0.3 is 15.2 Å². The molecule has 5 heteroatoms. The van der Waals surface area contributed by atoms with E-state index in [4.69, 9.17) is 15.2 Å². The minimum atomic E-state index is 0.251. The summed E-state index contributed by atoms with van der Waals surface area (Å²) < 4.78 is 11.4. The number of aromatic nitrogens is 2. The summed E-state index contributed by atoms with van der Waals surface area (Å²) in [6, 6.07) is 7.25. The van der Waals surface area contributed by atoms with Crippen molar-refractivity contribution in [3.63, 3.8) is 0 Å². The number of benzene rings is 1. The standard InChI is InChI=1S/C15H17N3O2.C2H6/c16-12-3-5-13(6-4-12)20-15-14(17-7-8-18-15)11-2-1-9-19-10-11;1-2/h3-8,11H,1-2,9-10,16H2;1-2H3. The van der Waals surface area contributed by atoms with Gasteiger partial charge in [0.25, 0.3) is 0 Å². The molecule has 22 heavy (non-hydrogen) atoms. The molecule has 0 bridgehead atoms. The van der Waals surface area contributed by atoms with Gasteiger partial charge in [0, 0.05) is 30.6 Å². The first-order valence-electron chi connectivity index (χ1n) is 7.75. The Hall–Kier alpha value is -2.14. The Kier molecular flexibility index (Phi) is 6.15. The van der Waals surface area contributed by atoms with Crippen molar-refractivity contribution in [2.75, 3.05) is 18.9 Å². The molecule has 0 radical (unpaired) electrons. The summed E-state index contributed by atoms with van der Waals surface area (Å²) >= 11 is 0. The van der Waals surface area contributed by atoms with E-state index < -0.39 is 0 Å². The summed E-state index contributed by atoms with van der Waals surface area (Å²) in [6.45, 7) is 5.50. The third-order valence-electron chi connectivity index (χ3n) is 3.33. The lowest BCUT2D eigenvalue weighted by Gasteiger charge is -2.22. The molecule has 2 N–H and O–H groups in total. The third-order valence-corrected chi connectivity index (χ3v) is 3.33. The Morgan fingerprint density at radius 3 is 2.55 bits per heavy atom. The minimum Gasteiger partial charge on any atom is -0.437 e. The Bertz CT molecular complexity index is 566. The molecule has 1 aromatic carbocycles. The third kappa shape index (κ3) is 4.18. The van der Waals surface area contributed by atoms with Gasteiger partial charge in [-0.05, 0) is 37.1 Å². The molecular formula is C17H23N3O2. The van der Waals surface area contributed by atoms with E-state index in [-0.39, 0.29) is 5.92 Å². The fraction of sp³-hybridized carbons (Fsp3) is 0.412. The number of rotatable bonds is 3. The fourth-order valence-electron chi connectivity index (χ4n) is 2.30. The van der Waals surface area contributed by atoms with Crippen molar-refractivity contribution >= 4 is 5.69 Å². The summed E-state index contributed by atoms with van der Waals surface area (Å²) in [5.41, 5.74) is 7.24. The van der Waals surface area contributed by atoms with Crippen LogP contribution in [0, 0.1) is 0 Å². The number of nitrogens with zero attached hydrogens (tertiary/aromatic N) is 2. The number of anilines is 1. The van der Waals surface area contributed by atoms with Gasteiger partial charge in [0.05, 0.1) is 6.61 Å². The average molecular weight is 301 g/mol. The fourth-order valence-corrected chi connectivity index (χ4v) is 2.30. The van der Waals surface area contributed by atoms with Crippen LogP contribution in [-0.2, 0) is 4.74 Å². The largest absolute Gasteiger partial charge is 0.437 e. The first kappa shape index (κ1) is 16.2. The molecule has 2 aromatic rings. The summed E-state index contributed by atoms with van der Waals surface area (Å²) in [6.07, 6.45) is 5.43. The molecule has 1 saturated heterocycles. The topological polar surface area (TPSA) is 70.3 Å². The predicted molar refractivity (Wildman–Crippen MR) is 87.1 cm³/mol. The van der Waals surface area contributed by atoms with E-state index in [1.807, 2.05) is 26.0 Å². The number of ether oxygens (including phenoxy) is 2. The summed E-state index contributed by atoms with van der Waals surface area (Å²) in [4.78, 5) is 8.72. The number of hydrogen-bond donors (Lipinski definition) is 1. The van der Waals surface area contributed by atoms with Crippen LogP contribution in [0.3, 0.4) is 0 Å². The monoisotopic (exact) mass is 301 g/mol. The van der Waals surface area contributed by atoms with Crippen molar-refractivity contribution in [3.05, 3.63) is 42.4 Å². The molecule has 3 rings (SSSR count). The Balaban J connectivity index is 0.000000847. The highest BCUT2D eigenvalue weighted by Crippen LogP contribution is 2.31. The number of nitrogen functional groups attached to an aromatic ring is 1. The molecule has 1 aliphatic heterocycles. The quantitative estimate of drug-likeness (QED) is 0.874. The van der Waals surface area contributed by atoms with Crippen LogP contribution in [0.25, 0.3) is 0 Å². The van der Waals surface area contributed by atoms with E-state index in [9.17, 15) is 0 Å². The Morgan fingerprint density at radius 2 is 1.86 bits per heavy atom. The highest BCUT2D eigenvalue weighted by atomic mass is 16.5.